The minimum absolute atomic E-state index is 0.0662. The SMILES string of the molecule is Cc1c(Br)c(C(F)(F)F)nn1CC(=O)N1CCN(S(=O)(=O)c2cnn(C)c2)CC1. The Hall–Kier alpha value is -1.93. The van der Waals surface area contributed by atoms with Crippen LogP contribution in [0.25, 0.3) is 0 Å². The Balaban J connectivity index is 1.65. The molecule has 29 heavy (non-hydrogen) atoms. The number of piperazine rings is 1. The molecule has 9 nitrogen and oxygen atoms in total. The molecule has 2 aromatic rings. The van der Waals surface area contributed by atoms with Gasteiger partial charge in [0.05, 0.1) is 16.4 Å². The molecule has 1 fully saturated rings. The summed E-state index contributed by atoms with van der Waals surface area (Å²) in [7, 11) is -2.10. The van der Waals surface area contributed by atoms with Gasteiger partial charge in [-0.25, -0.2) is 8.42 Å². The average molecular weight is 499 g/mol. The number of alkyl halides is 3. The summed E-state index contributed by atoms with van der Waals surface area (Å²) in [6.45, 7) is 1.49. The van der Waals surface area contributed by atoms with E-state index in [0.717, 1.165) is 4.68 Å². The predicted octanol–water partition coefficient (Wildman–Crippen LogP) is 1.24. The zero-order valence-corrected chi connectivity index (χ0v) is 17.9. The summed E-state index contributed by atoms with van der Waals surface area (Å²) in [5.74, 6) is -0.435. The highest BCUT2D eigenvalue weighted by Gasteiger charge is 2.38. The highest BCUT2D eigenvalue weighted by molar-refractivity contribution is 9.10. The van der Waals surface area contributed by atoms with Gasteiger partial charge in [-0.05, 0) is 22.9 Å². The van der Waals surface area contributed by atoms with E-state index in [1.807, 2.05) is 0 Å². The van der Waals surface area contributed by atoms with Gasteiger partial charge in [-0.2, -0.15) is 27.7 Å². The summed E-state index contributed by atoms with van der Waals surface area (Å²) >= 11 is 2.87. The second kappa shape index (κ2) is 7.72. The molecule has 0 saturated carbocycles. The van der Waals surface area contributed by atoms with E-state index in [9.17, 15) is 26.4 Å². The highest BCUT2D eigenvalue weighted by atomic mass is 79.9. The summed E-state index contributed by atoms with van der Waals surface area (Å²) in [6, 6.07) is 0. The monoisotopic (exact) mass is 498 g/mol. The van der Waals surface area contributed by atoms with Crippen LogP contribution < -0.4 is 0 Å². The Labute approximate surface area is 173 Å². The summed E-state index contributed by atoms with van der Waals surface area (Å²) in [6.07, 6.45) is -1.99. The molecule has 3 rings (SSSR count). The minimum Gasteiger partial charge on any atom is -0.338 e. The van der Waals surface area contributed by atoms with Gasteiger partial charge in [0.1, 0.15) is 11.4 Å². The molecule has 0 unspecified atom stereocenters. The van der Waals surface area contributed by atoms with Crippen molar-refractivity contribution in [2.45, 2.75) is 24.5 Å². The number of carbonyl (C=O) groups excluding carboxylic acids is 1. The molecule has 1 saturated heterocycles. The first-order valence-corrected chi connectivity index (χ1v) is 10.7. The van der Waals surface area contributed by atoms with Crippen LogP contribution in [0.4, 0.5) is 13.2 Å². The molecule has 1 amide bonds. The lowest BCUT2D eigenvalue weighted by Gasteiger charge is -2.33. The van der Waals surface area contributed by atoms with E-state index < -0.39 is 27.8 Å². The topological polar surface area (TPSA) is 93.3 Å². The minimum atomic E-state index is -4.63. The molecule has 0 N–H and O–H groups in total. The third-order valence-corrected chi connectivity index (χ3v) is 7.40. The van der Waals surface area contributed by atoms with Crippen molar-refractivity contribution in [1.82, 2.24) is 28.8 Å². The number of carbonyl (C=O) groups is 1. The third-order valence-electron chi connectivity index (χ3n) is 4.60. The van der Waals surface area contributed by atoms with E-state index >= 15 is 0 Å². The highest BCUT2D eigenvalue weighted by Crippen LogP contribution is 2.35. The summed E-state index contributed by atoms with van der Waals surface area (Å²) in [5, 5.41) is 7.35. The van der Waals surface area contributed by atoms with Crippen molar-refractivity contribution in [3.63, 3.8) is 0 Å². The normalized spacial score (nSPS) is 16.4. The molecule has 0 atom stereocenters. The standard InChI is InChI=1S/C15H18BrF3N6O3S/c1-10-13(16)14(15(17,18)19)21-25(10)9-12(26)23-3-5-24(6-4-23)29(27,28)11-7-20-22(2)8-11/h7-8H,3-6,9H2,1-2H3. The molecule has 2 aromatic heterocycles. The molecular formula is C15H18BrF3N6O3S. The summed E-state index contributed by atoms with van der Waals surface area (Å²) in [5.41, 5.74) is -0.904. The number of rotatable bonds is 4. The van der Waals surface area contributed by atoms with Crippen molar-refractivity contribution in [3.05, 3.63) is 28.3 Å². The van der Waals surface area contributed by atoms with E-state index in [1.54, 1.807) is 7.05 Å². The van der Waals surface area contributed by atoms with Crippen LogP contribution in [0.2, 0.25) is 0 Å². The summed E-state index contributed by atoms with van der Waals surface area (Å²) < 4.78 is 67.5. The quantitative estimate of drug-likeness (QED) is 0.632. The molecule has 14 heteroatoms. The van der Waals surface area contributed by atoms with Crippen LogP contribution in [0, 0.1) is 6.92 Å². The Kier molecular flexibility index (Phi) is 5.80. The van der Waals surface area contributed by atoms with Gasteiger partial charge >= 0.3 is 6.18 Å². The van der Waals surface area contributed by atoms with Gasteiger partial charge in [0.15, 0.2) is 5.69 Å². The molecule has 0 bridgehead atoms. The number of amides is 1. The van der Waals surface area contributed by atoms with Crippen molar-refractivity contribution < 1.29 is 26.4 Å². The van der Waals surface area contributed by atoms with Crippen molar-refractivity contribution >= 4 is 31.9 Å². The van der Waals surface area contributed by atoms with E-state index in [2.05, 4.69) is 26.1 Å². The second-order valence-corrected chi connectivity index (χ2v) is 9.27. The lowest BCUT2D eigenvalue weighted by molar-refractivity contribution is -0.142. The van der Waals surface area contributed by atoms with Gasteiger partial charge in [-0.15, -0.1) is 0 Å². The third kappa shape index (κ3) is 4.33. The fraction of sp³-hybridized carbons (Fsp3) is 0.533. The second-order valence-electron chi connectivity index (χ2n) is 6.54. The molecule has 0 radical (unpaired) electrons. The van der Waals surface area contributed by atoms with E-state index in [-0.39, 0.29) is 47.8 Å². The number of aromatic nitrogens is 4. The van der Waals surface area contributed by atoms with Crippen LogP contribution in [-0.2, 0) is 34.6 Å². The number of halogens is 4. The van der Waals surface area contributed by atoms with Gasteiger partial charge in [0, 0.05) is 39.4 Å². The van der Waals surface area contributed by atoms with Gasteiger partial charge < -0.3 is 4.90 Å². The maximum Gasteiger partial charge on any atom is 0.436 e. The van der Waals surface area contributed by atoms with Crippen molar-refractivity contribution in [2.75, 3.05) is 26.2 Å². The molecule has 0 aliphatic carbocycles. The maximum absolute atomic E-state index is 13.0. The van der Waals surface area contributed by atoms with E-state index in [0.29, 0.717) is 0 Å². The zero-order valence-electron chi connectivity index (χ0n) is 15.5. The molecule has 0 spiro atoms. The number of nitrogens with zero attached hydrogens (tertiary/aromatic N) is 6. The zero-order chi connectivity index (χ0) is 21.6. The van der Waals surface area contributed by atoms with Crippen LogP contribution >= 0.6 is 15.9 Å². The first-order chi connectivity index (χ1) is 13.4. The lowest BCUT2D eigenvalue weighted by atomic mass is 10.3. The first kappa shape index (κ1) is 21.8. The van der Waals surface area contributed by atoms with Crippen molar-refractivity contribution in [3.8, 4) is 0 Å². The Bertz CT molecular complexity index is 1020. The Morgan fingerprint density at radius 2 is 1.86 bits per heavy atom. The Morgan fingerprint density at radius 1 is 1.24 bits per heavy atom. The number of hydrogen-bond donors (Lipinski definition) is 0. The molecule has 160 valence electrons. The molecular weight excluding hydrogens is 481 g/mol. The van der Waals surface area contributed by atoms with Gasteiger partial charge in [-0.3, -0.25) is 14.2 Å². The Morgan fingerprint density at radius 3 is 2.34 bits per heavy atom. The molecule has 1 aliphatic heterocycles. The number of hydrogen-bond acceptors (Lipinski definition) is 5. The largest absolute Gasteiger partial charge is 0.436 e. The van der Waals surface area contributed by atoms with Crippen LogP contribution in [0.1, 0.15) is 11.4 Å². The van der Waals surface area contributed by atoms with Crippen molar-refractivity contribution in [1.29, 1.82) is 0 Å². The molecule has 1 aliphatic rings. The number of sulfonamides is 1. The van der Waals surface area contributed by atoms with Gasteiger partial charge in [0.25, 0.3) is 0 Å². The van der Waals surface area contributed by atoms with Crippen LogP contribution in [-0.4, -0.2) is 69.3 Å². The van der Waals surface area contributed by atoms with Gasteiger partial charge in [-0.1, -0.05) is 0 Å². The molecule has 0 aromatic carbocycles. The lowest BCUT2D eigenvalue weighted by Crippen LogP contribution is -2.51. The van der Waals surface area contributed by atoms with Crippen molar-refractivity contribution in [2.24, 2.45) is 7.05 Å². The predicted molar refractivity (Wildman–Crippen MR) is 98.2 cm³/mol. The first-order valence-electron chi connectivity index (χ1n) is 8.48. The maximum atomic E-state index is 13.0. The van der Waals surface area contributed by atoms with Gasteiger partial charge in [0.2, 0.25) is 15.9 Å². The number of aryl methyl sites for hydroxylation is 1. The van der Waals surface area contributed by atoms with E-state index in [1.165, 1.54) is 33.2 Å². The van der Waals surface area contributed by atoms with Crippen LogP contribution in [0.15, 0.2) is 21.8 Å². The van der Waals surface area contributed by atoms with Crippen LogP contribution in [0.5, 0.6) is 0 Å². The van der Waals surface area contributed by atoms with Crippen LogP contribution in [0.3, 0.4) is 0 Å². The summed E-state index contributed by atoms with van der Waals surface area (Å²) in [4.78, 5) is 14.0. The van der Waals surface area contributed by atoms with E-state index in [4.69, 9.17) is 0 Å². The average Bonchev–Trinajstić information content (AvgIpc) is 3.20. The fourth-order valence-electron chi connectivity index (χ4n) is 2.95. The smallest absolute Gasteiger partial charge is 0.338 e. The molecule has 3 heterocycles. The fourth-order valence-corrected chi connectivity index (χ4v) is 4.86.